The van der Waals surface area contributed by atoms with E-state index >= 15 is 0 Å². The molecule has 0 bridgehead atoms. The minimum absolute atomic E-state index is 0.000712. The van der Waals surface area contributed by atoms with Gasteiger partial charge >= 0.3 is 0 Å². The molecule has 2 amide bonds. The lowest BCUT2D eigenvalue weighted by atomic mass is 9.86. The van der Waals surface area contributed by atoms with E-state index in [0.717, 1.165) is 61.4 Å². The first kappa shape index (κ1) is 26.5. The highest BCUT2D eigenvalue weighted by atomic mass is 16.7. The molecule has 8 nitrogen and oxygen atoms in total. The monoisotopic (exact) mass is 521 g/mol. The van der Waals surface area contributed by atoms with Crippen molar-refractivity contribution in [3.05, 3.63) is 53.6 Å². The number of ether oxygens (including phenoxy) is 2. The third-order valence-electron chi connectivity index (χ3n) is 7.79. The minimum Gasteiger partial charge on any atom is -0.454 e. The van der Waals surface area contributed by atoms with Gasteiger partial charge in [0, 0.05) is 31.4 Å². The van der Waals surface area contributed by atoms with Crippen LogP contribution in [0.25, 0.3) is 0 Å². The van der Waals surface area contributed by atoms with Crippen LogP contribution in [0.4, 0.5) is 5.69 Å². The predicted molar refractivity (Wildman–Crippen MR) is 145 cm³/mol. The van der Waals surface area contributed by atoms with Gasteiger partial charge in [-0.05, 0) is 67.3 Å². The zero-order valence-electron chi connectivity index (χ0n) is 22.6. The molecule has 1 saturated heterocycles. The van der Waals surface area contributed by atoms with Crippen LogP contribution in [0.3, 0.4) is 0 Å². The fourth-order valence-corrected chi connectivity index (χ4v) is 5.82. The Morgan fingerprint density at radius 2 is 1.92 bits per heavy atom. The maximum atomic E-state index is 13.4. The first-order chi connectivity index (χ1) is 18.6. The summed E-state index contributed by atoms with van der Waals surface area (Å²) >= 11 is 0. The molecule has 2 aromatic carbocycles. The number of likely N-dealkylation sites (tertiary alicyclic amines) is 1. The van der Waals surface area contributed by atoms with Crippen LogP contribution in [0.2, 0.25) is 0 Å². The Balaban J connectivity index is 1.30. The van der Waals surface area contributed by atoms with Crippen LogP contribution >= 0.6 is 0 Å². The molecule has 8 heteroatoms. The Bertz CT molecular complexity index is 1140. The second-order valence-corrected chi connectivity index (χ2v) is 10.4. The molecule has 3 aliphatic rings. The van der Waals surface area contributed by atoms with E-state index in [4.69, 9.17) is 14.3 Å². The van der Waals surface area contributed by atoms with Crippen LogP contribution in [-0.4, -0.2) is 67.4 Å². The van der Waals surface area contributed by atoms with Gasteiger partial charge < -0.3 is 14.4 Å². The summed E-state index contributed by atoms with van der Waals surface area (Å²) in [4.78, 5) is 36.2. The summed E-state index contributed by atoms with van der Waals surface area (Å²) in [7, 11) is 0. The molecule has 3 aliphatic heterocycles. The first-order valence-electron chi connectivity index (χ1n) is 14.0. The number of amides is 2. The van der Waals surface area contributed by atoms with Gasteiger partial charge in [-0.25, -0.2) is 5.06 Å². The average molecular weight is 522 g/mol. The molecular weight excluding hydrogens is 482 g/mol. The summed E-state index contributed by atoms with van der Waals surface area (Å²) in [6, 6.07) is 14.4. The van der Waals surface area contributed by atoms with Gasteiger partial charge in [0.2, 0.25) is 12.7 Å². The molecule has 0 radical (unpaired) electrons. The van der Waals surface area contributed by atoms with E-state index in [9.17, 15) is 9.59 Å². The van der Waals surface area contributed by atoms with Crippen molar-refractivity contribution in [3.63, 3.8) is 0 Å². The number of anilines is 1. The minimum atomic E-state index is -0.000712. The summed E-state index contributed by atoms with van der Waals surface area (Å²) in [6.45, 7) is 7.21. The molecule has 1 fully saturated rings. The van der Waals surface area contributed by atoms with E-state index in [0.29, 0.717) is 38.6 Å². The number of para-hydroxylation sites is 1. The molecule has 5 rings (SSSR count). The highest BCUT2D eigenvalue weighted by molar-refractivity contribution is 6.01. The summed E-state index contributed by atoms with van der Waals surface area (Å²) in [6.07, 6.45) is 4.97. The van der Waals surface area contributed by atoms with Crippen LogP contribution < -0.4 is 14.4 Å². The number of benzene rings is 2. The van der Waals surface area contributed by atoms with E-state index in [2.05, 4.69) is 24.0 Å². The average Bonchev–Trinajstić information content (AvgIpc) is 3.53. The largest absolute Gasteiger partial charge is 0.454 e. The maximum absolute atomic E-state index is 13.4. The number of nitrogens with zero attached hydrogens (tertiary/aromatic N) is 3. The number of hydrogen-bond acceptors (Lipinski definition) is 6. The molecule has 0 aliphatic carbocycles. The van der Waals surface area contributed by atoms with Crippen LogP contribution in [0.5, 0.6) is 11.5 Å². The van der Waals surface area contributed by atoms with Gasteiger partial charge in [-0.3, -0.25) is 19.3 Å². The first-order valence-corrected chi connectivity index (χ1v) is 14.0. The number of hydroxylamine groups is 2. The summed E-state index contributed by atoms with van der Waals surface area (Å²) in [5, 5.41) is 1.55. The number of fused-ring (bicyclic) bond motifs is 2. The molecule has 0 saturated carbocycles. The zero-order valence-corrected chi connectivity index (χ0v) is 22.6. The van der Waals surface area contributed by atoms with E-state index < -0.39 is 0 Å². The number of carbonyl (C=O) groups is 2. The van der Waals surface area contributed by atoms with E-state index in [-0.39, 0.29) is 24.6 Å². The molecule has 0 unspecified atom stereocenters. The number of carbonyl (C=O) groups excluding carboxylic acids is 2. The fraction of sp³-hybridized carbons (Fsp3) is 0.533. The van der Waals surface area contributed by atoms with Crippen molar-refractivity contribution < 1.29 is 23.9 Å². The van der Waals surface area contributed by atoms with Gasteiger partial charge in [-0.1, -0.05) is 38.1 Å². The summed E-state index contributed by atoms with van der Waals surface area (Å²) < 4.78 is 11.1. The Labute approximate surface area is 225 Å². The van der Waals surface area contributed by atoms with E-state index in [1.807, 2.05) is 42.2 Å². The molecule has 204 valence electrons. The number of hydrogen-bond donors (Lipinski definition) is 0. The standard InChI is InChI=1S/C30H39N3O5/c1-3-14-33(38-16-4-2)30(35)20-31-19-24(22-10-12-27-28(17-22)37-21-36-27)9-11-25(31)13-15-32-26-8-6-5-7-23(26)18-29(32)34/h5-8,10,12,17,24-25H,3-4,9,11,13-16,18-21H2,1-2H3/t24-,25-/m1/s1. The van der Waals surface area contributed by atoms with Gasteiger partial charge in [0.1, 0.15) is 0 Å². The van der Waals surface area contributed by atoms with Crippen LogP contribution in [-0.2, 0) is 20.8 Å². The fourth-order valence-electron chi connectivity index (χ4n) is 5.82. The van der Waals surface area contributed by atoms with Crippen molar-refractivity contribution in [2.24, 2.45) is 0 Å². The van der Waals surface area contributed by atoms with Crippen LogP contribution in [0.1, 0.15) is 63.0 Å². The highest BCUT2D eigenvalue weighted by Gasteiger charge is 2.34. The molecule has 0 spiro atoms. The van der Waals surface area contributed by atoms with Crippen molar-refractivity contribution in [2.75, 3.05) is 44.5 Å². The van der Waals surface area contributed by atoms with Gasteiger partial charge in [0.25, 0.3) is 5.91 Å². The summed E-state index contributed by atoms with van der Waals surface area (Å²) in [5.41, 5.74) is 3.33. The van der Waals surface area contributed by atoms with Gasteiger partial charge in [-0.2, -0.15) is 0 Å². The summed E-state index contributed by atoms with van der Waals surface area (Å²) in [5.74, 6) is 2.02. The third kappa shape index (κ3) is 5.81. The zero-order chi connectivity index (χ0) is 26.5. The quantitative estimate of drug-likeness (QED) is 0.405. The predicted octanol–water partition coefficient (Wildman–Crippen LogP) is 4.52. The third-order valence-corrected chi connectivity index (χ3v) is 7.79. The lowest BCUT2D eigenvalue weighted by Gasteiger charge is -2.41. The maximum Gasteiger partial charge on any atom is 0.260 e. The van der Waals surface area contributed by atoms with Gasteiger partial charge in [-0.15, -0.1) is 0 Å². The van der Waals surface area contributed by atoms with Crippen molar-refractivity contribution >= 4 is 17.5 Å². The lowest BCUT2D eigenvalue weighted by molar-refractivity contribution is -0.188. The number of rotatable bonds is 11. The Morgan fingerprint density at radius 3 is 2.76 bits per heavy atom. The lowest BCUT2D eigenvalue weighted by Crippen LogP contribution is -2.49. The molecular formula is C30H39N3O5. The second kappa shape index (κ2) is 12.2. The normalized spacial score (nSPS) is 20.6. The topological polar surface area (TPSA) is 71.6 Å². The molecule has 38 heavy (non-hydrogen) atoms. The van der Waals surface area contributed by atoms with Crippen LogP contribution in [0, 0.1) is 0 Å². The SMILES string of the molecule is CCCON(CCC)C(=O)CN1C[C@H](c2ccc3c(c2)OCO3)CC[C@@H]1CCN1C(=O)Cc2ccccc21. The van der Waals surface area contributed by atoms with Crippen molar-refractivity contribution in [3.8, 4) is 11.5 Å². The number of piperidine rings is 1. The Hall–Kier alpha value is -3.10. The second-order valence-electron chi connectivity index (χ2n) is 10.4. The molecule has 2 aromatic rings. The Morgan fingerprint density at radius 1 is 1.08 bits per heavy atom. The van der Waals surface area contributed by atoms with Crippen molar-refractivity contribution in [1.82, 2.24) is 9.96 Å². The van der Waals surface area contributed by atoms with Gasteiger partial charge in [0.15, 0.2) is 11.5 Å². The molecule has 0 N–H and O–H groups in total. The van der Waals surface area contributed by atoms with Gasteiger partial charge in [0.05, 0.1) is 19.6 Å². The van der Waals surface area contributed by atoms with Crippen molar-refractivity contribution in [2.45, 2.75) is 64.3 Å². The van der Waals surface area contributed by atoms with E-state index in [1.54, 1.807) is 5.06 Å². The molecule has 2 atom stereocenters. The Kier molecular flexibility index (Phi) is 8.49. The smallest absolute Gasteiger partial charge is 0.260 e. The molecule has 3 heterocycles. The highest BCUT2D eigenvalue weighted by Crippen LogP contribution is 2.38. The van der Waals surface area contributed by atoms with E-state index in [1.165, 1.54) is 5.56 Å². The van der Waals surface area contributed by atoms with Crippen molar-refractivity contribution in [1.29, 1.82) is 0 Å². The molecule has 0 aromatic heterocycles. The van der Waals surface area contributed by atoms with Crippen LogP contribution in [0.15, 0.2) is 42.5 Å².